The number of hydrogen-bond acceptors (Lipinski definition) is 17. The van der Waals surface area contributed by atoms with Gasteiger partial charge in [-0.3, -0.25) is 23.2 Å². The first-order chi connectivity index (χ1) is 37.4. The number of carbonyl (C=O) groups excluding carboxylic acids is 2. The van der Waals surface area contributed by atoms with Crippen LogP contribution in [0.15, 0.2) is 71.7 Å². The lowest BCUT2D eigenvalue weighted by Gasteiger charge is -2.43. The minimum absolute atomic E-state index is 0.0258. The predicted molar refractivity (Wildman–Crippen MR) is 293 cm³/mol. The number of hydrogen-bond donors (Lipinski definition) is 7. The summed E-state index contributed by atoms with van der Waals surface area (Å²) in [7, 11) is -15.8. The smallest absolute Gasteiger partial charge is 0.487 e. The summed E-state index contributed by atoms with van der Waals surface area (Å²) >= 11 is 0. The van der Waals surface area contributed by atoms with E-state index < -0.39 is 60.3 Å². The third-order valence-electron chi connectivity index (χ3n) is 14.2. The van der Waals surface area contributed by atoms with E-state index in [0.29, 0.717) is 28.1 Å². The fourth-order valence-electron chi connectivity index (χ4n) is 10.8. The molecule has 4 aromatic rings. The Morgan fingerprint density at radius 1 is 0.938 bits per heavy atom. The monoisotopic (exact) mass is 1160 g/mol. The van der Waals surface area contributed by atoms with Crippen LogP contribution in [0.2, 0.25) is 0 Å². The molecular weight excluding hydrogens is 1100 g/mol. The summed E-state index contributed by atoms with van der Waals surface area (Å²) in [5.41, 5.74) is 12.7. The van der Waals surface area contributed by atoms with Gasteiger partial charge in [0.1, 0.15) is 42.2 Å². The summed E-state index contributed by atoms with van der Waals surface area (Å²) in [5.74, 6) is 5.77. The summed E-state index contributed by atoms with van der Waals surface area (Å²) in [6.45, 7) is 17.8. The van der Waals surface area contributed by atoms with Crippen molar-refractivity contribution < 1.29 is 75.7 Å². The van der Waals surface area contributed by atoms with E-state index in [1.807, 2.05) is 24.3 Å². The Labute approximate surface area is 460 Å². The molecular formula is C53H64N7O17P3. The lowest BCUT2D eigenvalue weighted by molar-refractivity contribution is -0.212. The van der Waals surface area contributed by atoms with Crippen molar-refractivity contribution in [1.29, 1.82) is 0 Å². The Morgan fingerprint density at radius 3 is 2.33 bits per heavy atom. The number of aromatic nitrogens is 2. The number of nitrogens with two attached hydrogens (primary N) is 1. The molecule has 8 rings (SSSR count). The fourth-order valence-corrected chi connectivity index (χ4v) is 13.8. The molecule has 7 atom stereocenters. The Balaban J connectivity index is 0.961. The van der Waals surface area contributed by atoms with Crippen LogP contribution in [-0.4, -0.2) is 120 Å². The van der Waals surface area contributed by atoms with Gasteiger partial charge >= 0.3 is 21.3 Å². The second-order valence-corrected chi connectivity index (χ2v) is 25.1. The van der Waals surface area contributed by atoms with Crippen LogP contribution in [0.5, 0.6) is 11.5 Å². The van der Waals surface area contributed by atoms with Gasteiger partial charge in [-0.1, -0.05) is 36.1 Å². The lowest BCUT2D eigenvalue weighted by Crippen LogP contribution is -2.49. The quantitative estimate of drug-likeness (QED) is 0.0399. The van der Waals surface area contributed by atoms with Gasteiger partial charge in [-0.25, -0.2) is 22.8 Å². The summed E-state index contributed by atoms with van der Waals surface area (Å²) in [6.07, 6.45) is -1.34. The van der Waals surface area contributed by atoms with Crippen LogP contribution in [0, 0.1) is 11.8 Å². The SMILES string of the molecule is CCN1c2cc3c(cc2C(C)=CC1(C)C)C(c1ccccc1C(=O)N(C)CCCC(=O)NCC#Cc1cn([C@@H]2O[C@H](COP(=O)(O)OP(=O)(O)OP(=O)([O-])O)[C@@H](O)[C@H]2O)c(=O)nc1N)=c1cc2c(cc1O3)=[N+](CC)C(C)(C)C=C2C. The van der Waals surface area contributed by atoms with Crippen molar-refractivity contribution in [3.63, 3.8) is 0 Å². The highest BCUT2D eigenvalue weighted by Gasteiger charge is 2.47. The number of nitrogen functional groups attached to an aromatic ring is 1. The van der Waals surface area contributed by atoms with E-state index in [9.17, 15) is 53.0 Å². The number of amides is 2. The molecule has 2 amide bonds. The number of fused-ring (bicyclic) bond motifs is 4. The molecule has 1 saturated heterocycles. The summed E-state index contributed by atoms with van der Waals surface area (Å²) < 4.78 is 61.8. The van der Waals surface area contributed by atoms with Crippen molar-refractivity contribution in [2.45, 2.75) is 104 Å². The number of allylic oxidation sites excluding steroid dienone is 2. The molecule has 4 aliphatic heterocycles. The maximum Gasteiger partial charge on any atom is 0.487 e. The van der Waals surface area contributed by atoms with E-state index in [4.69, 9.17) is 20.1 Å². The highest BCUT2D eigenvalue weighted by atomic mass is 31.3. The van der Waals surface area contributed by atoms with Gasteiger partial charge in [-0.15, -0.1) is 0 Å². The van der Waals surface area contributed by atoms with Gasteiger partial charge in [-0.05, 0) is 88.9 Å². The van der Waals surface area contributed by atoms with Gasteiger partial charge in [-0.2, -0.15) is 9.29 Å². The number of rotatable bonds is 17. The zero-order valence-corrected chi connectivity index (χ0v) is 48.1. The van der Waals surface area contributed by atoms with Crippen molar-refractivity contribution in [3.05, 3.63) is 121 Å². The van der Waals surface area contributed by atoms with Crippen molar-refractivity contribution in [2.75, 3.05) is 50.5 Å². The molecule has 5 heterocycles. The molecule has 0 aliphatic carbocycles. The van der Waals surface area contributed by atoms with Gasteiger partial charge in [0.2, 0.25) is 11.3 Å². The van der Waals surface area contributed by atoms with Gasteiger partial charge in [0.15, 0.2) is 11.8 Å². The van der Waals surface area contributed by atoms with Crippen LogP contribution in [-0.2, 0) is 36.4 Å². The zero-order chi connectivity index (χ0) is 58.6. The second kappa shape index (κ2) is 22.7. The highest BCUT2D eigenvalue weighted by molar-refractivity contribution is 7.66. The summed E-state index contributed by atoms with van der Waals surface area (Å²) in [5, 5.41) is 25.9. The van der Waals surface area contributed by atoms with Crippen molar-refractivity contribution >= 4 is 63.5 Å². The minimum Gasteiger partial charge on any atom is -0.756 e. The predicted octanol–water partition coefficient (Wildman–Crippen LogP) is 3.26. The van der Waals surface area contributed by atoms with Crippen LogP contribution in [0.3, 0.4) is 0 Å². The average Bonchev–Trinajstić information content (AvgIpc) is 3.69. The van der Waals surface area contributed by atoms with Crippen LogP contribution in [0.4, 0.5) is 11.5 Å². The van der Waals surface area contributed by atoms with E-state index in [-0.39, 0.29) is 53.8 Å². The van der Waals surface area contributed by atoms with E-state index in [0.717, 1.165) is 74.5 Å². The van der Waals surface area contributed by atoms with Crippen LogP contribution < -0.4 is 46.4 Å². The van der Waals surface area contributed by atoms with Crippen LogP contribution in [0.25, 0.3) is 16.7 Å². The molecule has 8 N–H and O–H groups in total. The third-order valence-corrected chi connectivity index (χ3v) is 18.0. The fraction of sp³-hybridized carbons (Fsp3) is 0.415. The maximum absolute atomic E-state index is 14.7. The summed E-state index contributed by atoms with van der Waals surface area (Å²) in [6, 6.07) is 16.2. The first kappa shape index (κ1) is 60.0. The Hall–Kier alpha value is -6.12. The second-order valence-electron chi connectivity index (χ2n) is 20.8. The van der Waals surface area contributed by atoms with Gasteiger partial charge in [0, 0.05) is 91.4 Å². The maximum atomic E-state index is 14.7. The molecule has 24 nitrogen and oxygen atoms in total. The molecule has 1 aromatic heterocycles. The van der Waals surface area contributed by atoms with E-state index in [2.05, 4.69) is 137 Å². The number of carbonyl (C=O) groups is 2. The Kier molecular flexibility index (Phi) is 17.0. The number of ether oxygens (including phenoxy) is 2. The molecule has 27 heteroatoms. The number of aliphatic hydroxyl groups excluding tert-OH is 2. The topological polar surface area (TPSA) is 338 Å². The molecule has 0 radical (unpaired) electrons. The van der Waals surface area contributed by atoms with Crippen molar-refractivity contribution in [2.24, 2.45) is 0 Å². The van der Waals surface area contributed by atoms with Crippen LogP contribution >= 0.6 is 23.5 Å². The van der Waals surface area contributed by atoms with Crippen molar-refractivity contribution in [1.82, 2.24) is 24.3 Å². The number of benzene rings is 3. The molecule has 3 aromatic carbocycles. The largest absolute Gasteiger partial charge is 0.756 e. The van der Waals surface area contributed by atoms with Gasteiger partial charge < -0.3 is 60.1 Å². The average molecular weight is 1160 g/mol. The molecule has 3 unspecified atom stereocenters. The first-order valence-electron chi connectivity index (χ1n) is 25.5. The zero-order valence-electron chi connectivity index (χ0n) is 45.4. The van der Waals surface area contributed by atoms with Gasteiger partial charge in [0.25, 0.3) is 13.7 Å². The number of anilines is 2. The van der Waals surface area contributed by atoms with Gasteiger partial charge in [0.05, 0.1) is 30.3 Å². The number of nitrogens with one attached hydrogen (secondary N) is 1. The Bertz CT molecular complexity index is 3680. The number of phosphoric ester groups is 1. The molecule has 1 fully saturated rings. The third kappa shape index (κ3) is 12.5. The molecule has 428 valence electrons. The number of nitrogens with zero attached hydrogens (tertiary/aromatic N) is 5. The minimum atomic E-state index is -5.91. The van der Waals surface area contributed by atoms with E-state index >= 15 is 0 Å². The number of aliphatic hydroxyl groups is 2. The lowest BCUT2D eigenvalue weighted by atomic mass is 9.83. The standard InChI is InChI=1S/C53H64N7O17P3/c1-10-59-39-24-41-37(22-35(39)30(3)26-52(59,5)6)45(38-23-36-31(4)27-53(7,8)60(11-2)40(36)25-42(38)74-41)33-17-12-13-18-34(33)49(64)57(9)21-15-19-44(61)55-20-14-16-32-28-58(51(65)56-48(32)54)50-47(63)46(62)43(75-50)29-73-79(69,70)77-80(71,72)76-78(66,67)68/h12-13,17-18,22-28,43,46-47,50,62-63H,10-11,15,19-21,29H2,1-9H3,(H6-,54,55,56,61,65,66,67,68,69,70,71,72)/t43-,46-,47-,50-/m1/s1. The number of likely N-dealkylation sites (N-methyl/N-ethyl adjacent to an activating group) is 2. The molecule has 80 heavy (non-hydrogen) atoms. The first-order valence-corrected chi connectivity index (χ1v) is 30.0. The molecule has 0 bridgehead atoms. The van der Waals surface area contributed by atoms with Crippen LogP contribution in [0.1, 0.15) is 113 Å². The number of phosphoric acid groups is 3. The highest BCUT2D eigenvalue weighted by Crippen LogP contribution is 2.65. The van der Waals surface area contributed by atoms with E-state index in [1.54, 1.807) is 11.9 Å². The van der Waals surface area contributed by atoms with E-state index in [1.165, 1.54) is 0 Å². The summed E-state index contributed by atoms with van der Waals surface area (Å²) in [4.78, 5) is 86.7. The van der Waals surface area contributed by atoms with Crippen molar-refractivity contribution in [3.8, 4) is 23.3 Å². The normalized spacial score (nSPS) is 21.8. The molecule has 0 saturated carbocycles. The molecule has 0 spiro atoms. The Morgan fingerprint density at radius 2 is 1.64 bits per heavy atom. The molecule has 4 aliphatic rings.